The van der Waals surface area contributed by atoms with Crippen LogP contribution in [0.4, 0.5) is 18.9 Å². The maximum absolute atomic E-state index is 12.4. The molecule has 19 heavy (non-hydrogen) atoms. The van der Waals surface area contributed by atoms with Gasteiger partial charge in [0.2, 0.25) is 0 Å². The highest BCUT2D eigenvalue weighted by Crippen LogP contribution is 2.33. The lowest BCUT2D eigenvalue weighted by Crippen LogP contribution is -2.10. The summed E-state index contributed by atoms with van der Waals surface area (Å²) in [5, 5.41) is 2.75. The molecular formula is C11H13ClF3NO2S. The van der Waals surface area contributed by atoms with Gasteiger partial charge in [-0.1, -0.05) is 11.6 Å². The van der Waals surface area contributed by atoms with E-state index in [1.807, 2.05) is 0 Å². The molecule has 0 spiro atoms. The van der Waals surface area contributed by atoms with Crippen LogP contribution in [0.3, 0.4) is 0 Å². The fraction of sp³-hybridized carbons (Fsp3) is 0.455. The van der Waals surface area contributed by atoms with Gasteiger partial charge < -0.3 is 5.32 Å². The van der Waals surface area contributed by atoms with Gasteiger partial charge in [0, 0.05) is 12.8 Å². The monoisotopic (exact) mass is 315 g/mol. The third kappa shape index (κ3) is 5.69. The largest absolute Gasteiger partial charge is 0.416 e. The summed E-state index contributed by atoms with van der Waals surface area (Å²) in [5.41, 5.74) is -0.470. The highest BCUT2D eigenvalue weighted by Gasteiger charge is 2.30. The zero-order chi connectivity index (χ0) is 14.7. The van der Waals surface area contributed by atoms with Crippen molar-refractivity contribution in [1.82, 2.24) is 0 Å². The second kappa shape index (κ2) is 6.00. The standard InChI is InChI=1S/C11H13ClF3NO2S/c1-19(17,18)6-2-5-16-10-4-3-8(7-9(10)12)11(13,14)15/h3-4,7,16H,2,5-6H2,1H3. The third-order valence-corrected chi connectivity index (χ3v) is 3.65. The lowest BCUT2D eigenvalue weighted by molar-refractivity contribution is -0.137. The summed E-state index contributed by atoms with van der Waals surface area (Å²) >= 11 is 5.72. The molecule has 0 aliphatic rings. The van der Waals surface area contributed by atoms with Crippen LogP contribution in [-0.4, -0.2) is 27.0 Å². The first-order chi connectivity index (χ1) is 8.59. The summed E-state index contributed by atoms with van der Waals surface area (Å²) in [6, 6.07) is 2.98. The molecular weight excluding hydrogens is 303 g/mol. The van der Waals surface area contributed by atoms with Crippen LogP contribution in [0, 0.1) is 0 Å². The van der Waals surface area contributed by atoms with Gasteiger partial charge in [0.15, 0.2) is 0 Å². The van der Waals surface area contributed by atoms with Crippen LogP contribution in [0.15, 0.2) is 18.2 Å². The van der Waals surface area contributed by atoms with Gasteiger partial charge in [-0.25, -0.2) is 8.42 Å². The molecule has 1 aromatic carbocycles. The SMILES string of the molecule is CS(=O)(=O)CCCNc1ccc(C(F)(F)F)cc1Cl. The highest BCUT2D eigenvalue weighted by atomic mass is 35.5. The van der Waals surface area contributed by atoms with E-state index in [4.69, 9.17) is 11.6 Å². The van der Waals surface area contributed by atoms with Crippen LogP contribution in [0.1, 0.15) is 12.0 Å². The average molecular weight is 316 g/mol. The van der Waals surface area contributed by atoms with Gasteiger partial charge in [0.1, 0.15) is 9.84 Å². The smallest absolute Gasteiger partial charge is 0.384 e. The molecule has 0 saturated carbocycles. The van der Waals surface area contributed by atoms with Crippen molar-refractivity contribution in [1.29, 1.82) is 0 Å². The topological polar surface area (TPSA) is 46.2 Å². The van der Waals surface area contributed by atoms with Crippen LogP contribution in [0.5, 0.6) is 0 Å². The molecule has 0 radical (unpaired) electrons. The van der Waals surface area contributed by atoms with Gasteiger partial charge in [-0.05, 0) is 24.6 Å². The summed E-state index contributed by atoms with van der Waals surface area (Å²) in [4.78, 5) is 0. The van der Waals surface area contributed by atoms with E-state index in [0.717, 1.165) is 18.4 Å². The number of rotatable bonds is 5. The first-order valence-electron chi connectivity index (χ1n) is 5.38. The number of hydrogen-bond donors (Lipinski definition) is 1. The molecule has 0 amide bonds. The predicted octanol–water partition coefficient (Wildman–Crippen LogP) is 3.21. The summed E-state index contributed by atoms with van der Waals surface area (Å²) in [5.74, 6) is 0.0122. The number of nitrogens with one attached hydrogen (secondary N) is 1. The van der Waals surface area contributed by atoms with E-state index in [2.05, 4.69) is 5.32 Å². The molecule has 0 saturated heterocycles. The molecule has 0 unspecified atom stereocenters. The molecule has 1 N–H and O–H groups in total. The maximum Gasteiger partial charge on any atom is 0.416 e. The molecule has 108 valence electrons. The third-order valence-electron chi connectivity index (χ3n) is 2.30. The number of anilines is 1. The van der Waals surface area contributed by atoms with Gasteiger partial charge in [0.25, 0.3) is 0 Å². The zero-order valence-corrected chi connectivity index (χ0v) is 11.7. The first kappa shape index (κ1) is 16.1. The van der Waals surface area contributed by atoms with E-state index in [1.54, 1.807) is 0 Å². The van der Waals surface area contributed by atoms with Gasteiger partial charge in [-0.2, -0.15) is 13.2 Å². The lowest BCUT2D eigenvalue weighted by atomic mass is 10.2. The molecule has 0 fully saturated rings. The molecule has 0 aliphatic heterocycles. The minimum absolute atomic E-state index is 0.0122. The average Bonchev–Trinajstić information content (AvgIpc) is 2.23. The van der Waals surface area contributed by atoms with Crippen molar-refractivity contribution in [2.24, 2.45) is 0 Å². The minimum atomic E-state index is -4.43. The molecule has 0 aliphatic carbocycles. The van der Waals surface area contributed by atoms with E-state index in [9.17, 15) is 21.6 Å². The number of halogens is 4. The van der Waals surface area contributed by atoms with Crippen molar-refractivity contribution >= 4 is 27.1 Å². The Morgan fingerprint density at radius 2 is 1.95 bits per heavy atom. The van der Waals surface area contributed by atoms with E-state index < -0.39 is 21.6 Å². The molecule has 1 aromatic rings. The molecule has 0 heterocycles. The molecule has 0 atom stereocenters. The predicted molar refractivity (Wildman–Crippen MR) is 69.3 cm³/mol. The Bertz CT molecular complexity index is 543. The van der Waals surface area contributed by atoms with Crippen LogP contribution in [-0.2, 0) is 16.0 Å². The number of hydrogen-bond acceptors (Lipinski definition) is 3. The molecule has 0 aromatic heterocycles. The molecule has 1 rings (SSSR count). The fourth-order valence-electron chi connectivity index (χ4n) is 1.39. The second-order valence-electron chi connectivity index (χ2n) is 4.10. The highest BCUT2D eigenvalue weighted by molar-refractivity contribution is 7.90. The maximum atomic E-state index is 12.4. The second-order valence-corrected chi connectivity index (χ2v) is 6.77. The Labute approximate surface area is 114 Å². The fourth-order valence-corrected chi connectivity index (χ4v) is 2.31. The summed E-state index contributed by atoms with van der Waals surface area (Å²) < 4.78 is 58.9. The normalized spacial score (nSPS) is 12.5. The number of alkyl halides is 3. The zero-order valence-electron chi connectivity index (χ0n) is 10.1. The molecule has 0 bridgehead atoms. The van der Waals surface area contributed by atoms with E-state index in [1.165, 1.54) is 6.07 Å². The molecule has 3 nitrogen and oxygen atoms in total. The van der Waals surface area contributed by atoms with E-state index in [-0.39, 0.29) is 10.8 Å². The van der Waals surface area contributed by atoms with E-state index in [0.29, 0.717) is 18.7 Å². The summed E-state index contributed by atoms with van der Waals surface area (Å²) in [6.07, 6.45) is -2.95. The Morgan fingerprint density at radius 1 is 1.32 bits per heavy atom. The van der Waals surface area contributed by atoms with Crippen molar-refractivity contribution in [3.63, 3.8) is 0 Å². The Morgan fingerprint density at radius 3 is 2.42 bits per heavy atom. The van der Waals surface area contributed by atoms with Crippen LogP contribution >= 0.6 is 11.6 Å². The number of benzene rings is 1. The number of sulfone groups is 1. The quantitative estimate of drug-likeness (QED) is 0.849. The minimum Gasteiger partial charge on any atom is -0.384 e. The molecule has 8 heteroatoms. The van der Waals surface area contributed by atoms with Crippen LogP contribution in [0.2, 0.25) is 5.02 Å². The van der Waals surface area contributed by atoms with Crippen LogP contribution < -0.4 is 5.32 Å². The lowest BCUT2D eigenvalue weighted by Gasteiger charge is -2.11. The van der Waals surface area contributed by atoms with Gasteiger partial charge in [-0.3, -0.25) is 0 Å². The Balaban J connectivity index is 2.61. The Hall–Kier alpha value is -0.950. The first-order valence-corrected chi connectivity index (χ1v) is 7.82. The van der Waals surface area contributed by atoms with Crippen molar-refractivity contribution < 1.29 is 21.6 Å². The van der Waals surface area contributed by atoms with E-state index >= 15 is 0 Å². The van der Waals surface area contributed by atoms with Gasteiger partial charge >= 0.3 is 6.18 Å². The van der Waals surface area contributed by atoms with Crippen molar-refractivity contribution in [3.8, 4) is 0 Å². The van der Waals surface area contributed by atoms with Gasteiger partial charge in [-0.15, -0.1) is 0 Å². The van der Waals surface area contributed by atoms with Crippen molar-refractivity contribution in [2.45, 2.75) is 12.6 Å². The summed E-state index contributed by atoms with van der Waals surface area (Å²) in [7, 11) is -3.04. The van der Waals surface area contributed by atoms with Gasteiger partial charge in [0.05, 0.1) is 22.0 Å². The van der Waals surface area contributed by atoms with Crippen LogP contribution in [0.25, 0.3) is 0 Å². The Kier molecular flexibility index (Phi) is 5.09. The van der Waals surface area contributed by atoms with Crippen molar-refractivity contribution in [3.05, 3.63) is 28.8 Å². The van der Waals surface area contributed by atoms with Crippen molar-refractivity contribution in [2.75, 3.05) is 23.9 Å². The summed E-state index contributed by atoms with van der Waals surface area (Å²) in [6.45, 7) is 0.318.